The van der Waals surface area contributed by atoms with E-state index >= 15 is 0 Å². The van der Waals surface area contributed by atoms with Crippen LogP contribution in [-0.4, -0.2) is 26.8 Å². The molecular weight excluding hydrogens is 262 g/mol. The average molecular weight is 280 g/mol. The molecule has 0 bridgehead atoms. The Bertz CT molecular complexity index is 552. The van der Waals surface area contributed by atoms with Crippen LogP contribution in [0.4, 0.5) is 0 Å². The molecule has 1 heterocycles. The molecule has 1 atom stereocenters. The van der Waals surface area contributed by atoms with Gasteiger partial charge >= 0.3 is 0 Å². The topological polar surface area (TPSA) is 55.6 Å². The summed E-state index contributed by atoms with van der Waals surface area (Å²) in [4.78, 5) is 1.48. The summed E-state index contributed by atoms with van der Waals surface area (Å²) < 4.78 is 0. The molecule has 6 heteroatoms. The van der Waals surface area contributed by atoms with Crippen LogP contribution < -0.4 is 5.32 Å². The van der Waals surface area contributed by atoms with Crippen molar-refractivity contribution in [2.75, 3.05) is 6.54 Å². The van der Waals surface area contributed by atoms with Crippen molar-refractivity contribution in [2.45, 2.75) is 26.3 Å². The van der Waals surface area contributed by atoms with Gasteiger partial charge < -0.3 is 5.32 Å². The monoisotopic (exact) mass is 279 g/mol. The van der Waals surface area contributed by atoms with Crippen LogP contribution in [0, 0.1) is 6.92 Å². The van der Waals surface area contributed by atoms with Crippen LogP contribution in [-0.2, 0) is 13.5 Å². The number of aryl methyl sites for hydroxylation is 2. The van der Waals surface area contributed by atoms with Gasteiger partial charge in [-0.1, -0.05) is 30.7 Å². The number of benzene rings is 1. The molecule has 1 unspecified atom stereocenters. The highest BCUT2D eigenvalue weighted by Crippen LogP contribution is 2.22. The normalized spacial score (nSPS) is 12.6. The first-order valence-corrected chi connectivity index (χ1v) is 6.70. The molecule has 0 saturated heterocycles. The van der Waals surface area contributed by atoms with Gasteiger partial charge in [-0.2, -0.15) is 4.80 Å². The van der Waals surface area contributed by atoms with Crippen molar-refractivity contribution in [3.05, 3.63) is 40.2 Å². The zero-order chi connectivity index (χ0) is 13.8. The zero-order valence-electron chi connectivity index (χ0n) is 11.4. The summed E-state index contributed by atoms with van der Waals surface area (Å²) >= 11 is 6.07. The molecule has 0 aliphatic rings. The second-order valence-corrected chi connectivity index (χ2v) is 4.93. The number of nitrogens with one attached hydrogen (secondary N) is 1. The molecule has 0 amide bonds. The zero-order valence-corrected chi connectivity index (χ0v) is 12.1. The summed E-state index contributed by atoms with van der Waals surface area (Å²) in [6.45, 7) is 4.97. The molecule has 1 N–H and O–H groups in total. The molecule has 2 rings (SSSR count). The van der Waals surface area contributed by atoms with Gasteiger partial charge in [-0.05, 0) is 35.9 Å². The van der Waals surface area contributed by atoms with E-state index in [0.717, 1.165) is 23.0 Å². The third-order valence-electron chi connectivity index (χ3n) is 2.97. The molecule has 19 heavy (non-hydrogen) atoms. The molecular formula is C13H18ClN5. The molecule has 2 aromatic rings. The largest absolute Gasteiger partial charge is 0.310 e. The number of halogens is 1. The summed E-state index contributed by atoms with van der Waals surface area (Å²) in [5, 5.41) is 16.4. The molecule has 0 spiro atoms. The fourth-order valence-corrected chi connectivity index (χ4v) is 2.14. The second kappa shape index (κ2) is 6.12. The summed E-state index contributed by atoms with van der Waals surface area (Å²) in [5.41, 5.74) is 2.27. The smallest absolute Gasteiger partial charge is 0.176 e. The minimum atomic E-state index is 0.171. The number of aromatic nitrogens is 4. The number of hydrogen-bond donors (Lipinski definition) is 1. The number of nitrogens with zero attached hydrogens (tertiary/aromatic N) is 4. The fourth-order valence-electron chi connectivity index (χ4n) is 2.03. The average Bonchev–Trinajstić information content (AvgIpc) is 2.78. The predicted molar refractivity (Wildman–Crippen MR) is 75.1 cm³/mol. The maximum absolute atomic E-state index is 6.07. The number of rotatable bonds is 5. The Hall–Kier alpha value is -1.46. The molecule has 0 radical (unpaired) electrons. The van der Waals surface area contributed by atoms with E-state index in [9.17, 15) is 0 Å². The van der Waals surface area contributed by atoms with Crippen LogP contribution in [0.3, 0.4) is 0 Å². The Kier molecular flexibility index (Phi) is 4.50. The van der Waals surface area contributed by atoms with Crippen molar-refractivity contribution in [3.63, 3.8) is 0 Å². The lowest BCUT2D eigenvalue weighted by Gasteiger charge is -2.17. The summed E-state index contributed by atoms with van der Waals surface area (Å²) in [5.74, 6) is 0.737. The number of hydrogen-bond acceptors (Lipinski definition) is 4. The van der Waals surface area contributed by atoms with Gasteiger partial charge in [0.05, 0.1) is 7.05 Å². The molecule has 0 aliphatic heterocycles. The van der Waals surface area contributed by atoms with Gasteiger partial charge in [-0.25, -0.2) is 0 Å². The Morgan fingerprint density at radius 2 is 2.21 bits per heavy atom. The van der Waals surface area contributed by atoms with E-state index in [1.165, 1.54) is 10.4 Å². The molecule has 0 fully saturated rings. The third kappa shape index (κ3) is 3.52. The van der Waals surface area contributed by atoms with E-state index in [4.69, 9.17) is 11.6 Å². The lowest BCUT2D eigenvalue weighted by molar-refractivity contribution is 0.534. The van der Waals surface area contributed by atoms with Crippen LogP contribution >= 0.6 is 11.6 Å². The van der Waals surface area contributed by atoms with Gasteiger partial charge in [0.15, 0.2) is 5.82 Å². The van der Waals surface area contributed by atoms with Gasteiger partial charge in [-0.3, -0.25) is 0 Å². The van der Waals surface area contributed by atoms with E-state index in [2.05, 4.69) is 33.7 Å². The molecule has 102 valence electrons. The van der Waals surface area contributed by atoms with Crippen molar-refractivity contribution in [1.82, 2.24) is 25.5 Å². The lowest BCUT2D eigenvalue weighted by Crippen LogP contribution is -2.23. The molecule has 0 aliphatic carbocycles. The molecule has 5 nitrogen and oxygen atoms in total. The Balaban J connectivity index is 2.21. The van der Waals surface area contributed by atoms with Crippen LogP contribution in [0.15, 0.2) is 18.2 Å². The second-order valence-electron chi connectivity index (χ2n) is 4.52. The van der Waals surface area contributed by atoms with E-state index < -0.39 is 0 Å². The minimum Gasteiger partial charge on any atom is -0.310 e. The first kappa shape index (κ1) is 14.0. The maximum atomic E-state index is 6.07. The third-order valence-corrected chi connectivity index (χ3v) is 3.40. The first-order valence-electron chi connectivity index (χ1n) is 6.32. The van der Waals surface area contributed by atoms with Gasteiger partial charge in [0, 0.05) is 17.5 Å². The molecule has 1 aromatic heterocycles. The highest BCUT2D eigenvalue weighted by Gasteiger charge is 2.15. The van der Waals surface area contributed by atoms with E-state index in [1.807, 2.05) is 19.1 Å². The number of tetrazole rings is 1. The van der Waals surface area contributed by atoms with E-state index in [0.29, 0.717) is 6.42 Å². The van der Waals surface area contributed by atoms with E-state index in [-0.39, 0.29) is 6.04 Å². The van der Waals surface area contributed by atoms with Crippen molar-refractivity contribution < 1.29 is 0 Å². The molecule has 1 aromatic carbocycles. The van der Waals surface area contributed by atoms with Gasteiger partial charge in [0.2, 0.25) is 0 Å². The van der Waals surface area contributed by atoms with Crippen LogP contribution in [0.5, 0.6) is 0 Å². The standard InChI is InChI=1S/C13H18ClN5/c1-4-15-12(8-13-16-18-19(3)17-13)10-5-6-11(14)9(2)7-10/h5-7,12,15H,4,8H2,1-3H3. The molecule has 0 saturated carbocycles. The summed E-state index contributed by atoms with van der Waals surface area (Å²) in [7, 11) is 1.77. The van der Waals surface area contributed by atoms with Crippen molar-refractivity contribution >= 4 is 11.6 Å². The Labute approximate surface area is 118 Å². The first-order chi connectivity index (χ1) is 9.10. The van der Waals surface area contributed by atoms with Crippen molar-refractivity contribution in [1.29, 1.82) is 0 Å². The quantitative estimate of drug-likeness (QED) is 0.910. The Morgan fingerprint density at radius 3 is 2.79 bits per heavy atom. The minimum absolute atomic E-state index is 0.171. The summed E-state index contributed by atoms with van der Waals surface area (Å²) in [6.07, 6.45) is 0.711. The van der Waals surface area contributed by atoms with Gasteiger partial charge in [-0.15, -0.1) is 10.2 Å². The highest BCUT2D eigenvalue weighted by molar-refractivity contribution is 6.31. The van der Waals surface area contributed by atoms with Crippen molar-refractivity contribution in [3.8, 4) is 0 Å². The highest BCUT2D eigenvalue weighted by atomic mass is 35.5. The SMILES string of the molecule is CCNC(Cc1nnn(C)n1)c1ccc(Cl)c(C)c1. The summed E-state index contributed by atoms with van der Waals surface area (Å²) in [6, 6.07) is 6.25. The number of likely N-dealkylation sites (N-methyl/N-ethyl adjacent to an activating group) is 1. The fraction of sp³-hybridized carbons (Fsp3) is 0.462. The van der Waals surface area contributed by atoms with Crippen LogP contribution in [0.2, 0.25) is 5.02 Å². The van der Waals surface area contributed by atoms with E-state index in [1.54, 1.807) is 7.05 Å². The van der Waals surface area contributed by atoms with Crippen LogP contribution in [0.1, 0.15) is 29.9 Å². The lowest BCUT2D eigenvalue weighted by atomic mass is 10.0. The Morgan fingerprint density at radius 1 is 1.42 bits per heavy atom. The predicted octanol–water partition coefficient (Wildman–Crippen LogP) is 2.07. The van der Waals surface area contributed by atoms with Gasteiger partial charge in [0.25, 0.3) is 0 Å². The van der Waals surface area contributed by atoms with Gasteiger partial charge in [0.1, 0.15) is 0 Å². The van der Waals surface area contributed by atoms with Crippen LogP contribution in [0.25, 0.3) is 0 Å². The maximum Gasteiger partial charge on any atom is 0.176 e. The van der Waals surface area contributed by atoms with Crippen molar-refractivity contribution in [2.24, 2.45) is 7.05 Å².